The number of amides is 2. The van der Waals surface area contributed by atoms with Crippen molar-refractivity contribution < 1.29 is 9.59 Å². The molecule has 0 spiro atoms. The van der Waals surface area contributed by atoms with E-state index in [1.807, 2.05) is 13.0 Å². The standard InChI is InChI=1S/C20H23ClN2O2S/c1-3-9-22-20(25)17-8-7-16(11-18(17)21)23-19(24)13-26-12-15-6-4-5-14(2)10-15/h4-8,10-11H,3,9,12-13H2,1-2H3,(H,22,25)(H,23,24). The van der Waals surface area contributed by atoms with E-state index in [-0.39, 0.29) is 11.8 Å². The fourth-order valence-electron chi connectivity index (χ4n) is 2.37. The van der Waals surface area contributed by atoms with E-state index in [9.17, 15) is 9.59 Å². The number of hydrogen-bond acceptors (Lipinski definition) is 3. The van der Waals surface area contributed by atoms with E-state index in [1.165, 1.54) is 11.1 Å². The van der Waals surface area contributed by atoms with Crippen LogP contribution in [0.25, 0.3) is 0 Å². The normalized spacial score (nSPS) is 10.4. The number of nitrogens with one attached hydrogen (secondary N) is 2. The van der Waals surface area contributed by atoms with Gasteiger partial charge in [0.15, 0.2) is 0 Å². The van der Waals surface area contributed by atoms with Crippen LogP contribution in [0.2, 0.25) is 5.02 Å². The van der Waals surface area contributed by atoms with Gasteiger partial charge in [-0.25, -0.2) is 0 Å². The van der Waals surface area contributed by atoms with Crippen molar-refractivity contribution in [3.05, 3.63) is 64.2 Å². The van der Waals surface area contributed by atoms with Gasteiger partial charge in [-0.15, -0.1) is 11.8 Å². The lowest BCUT2D eigenvalue weighted by molar-refractivity contribution is -0.113. The molecule has 0 saturated carbocycles. The fraction of sp³-hybridized carbons (Fsp3) is 0.300. The van der Waals surface area contributed by atoms with Crippen molar-refractivity contribution in [1.29, 1.82) is 0 Å². The van der Waals surface area contributed by atoms with Crippen molar-refractivity contribution in [2.75, 3.05) is 17.6 Å². The molecular formula is C20H23ClN2O2S. The Morgan fingerprint density at radius 3 is 2.65 bits per heavy atom. The number of anilines is 1. The zero-order valence-corrected chi connectivity index (χ0v) is 16.5. The lowest BCUT2D eigenvalue weighted by atomic mass is 10.2. The van der Waals surface area contributed by atoms with Crippen molar-refractivity contribution in [2.24, 2.45) is 0 Å². The molecule has 0 fully saturated rings. The SMILES string of the molecule is CCCNC(=O)c1ccc(NC(=O)CSCc2cccc(C)c2)cc1Cl. The fourth-order valence-corrected chi connectivity index (χ4v) is 3.41. The summed E-state index contributed by atoms with van der Waals surface area (Å²) >= 11 is 7.72. The molecule has 6 heteroatoms. The van der Waals surface area contributed by atoms with E-state index in [1.54, 1.807) is 30.0 Å². The van der Waals surface area contributed by atoms with Crippen LogP contribution in [-0.4, -0.2) is 24.1 Å². The van der Waals surface area contributed by atoms with Crippen LogP contribution in [0.15, 0.2) is 42.5 Å². The van der Waals surface area contributed by atoms with Gasteiger partial charge in [0.2, 0.25) is 5.91 Å². The van der Waals surface area contributed by atoms with Crippen LogP contribution in [0.3, 0.4) is 0 Å². The van der Waals surface area contributed by atoms with E-state index >= 15 is 0 Å². The van der Waals surface area contributed by atoms with Gasteiger partial charge < -0.3 is 10.6 Å². The molecule has 2 N–H and O–H groups in total. The number of halogens is 1. The predicted octanol–water partition coefficient (Wildman–Crippen LogP) is 4.66. The summed E-state index contributed by atoms with van der Waals surface area (Å²) in [6, 6.07) is 13.2. The van der Waals surface area contributed by atoms with Crippen LogP contribution in [0, 0.1) is 6.92 Å². The van der Waals surface area contributed by atoms with Gasteiger partial charge in [-0.2, -0.15) is 0 Å². The van der Waals surface area contributed by atoms with Crippen molar-refractivity contribution in [1.82, 2.24) is 5.32 Å². The third-order valence-electron chi connectivity index (χ3n) is 3.62. The highest BCUT2D eigenvalue weighted by Crippen LogP contribution is 2.21. The third-order valence-corrected chi connectivity index (χ3v) is 4.93. The molecule has 0 aliphatic carbocycles. The summed E-state index contributed by atoms with van der Waals surface area (Å²) in [5.41, 5.74) is 3.41. The highest BCUT2D eigenvalue weighted by Gasteiger charge is 2.11. The Labute approximate surface area is 163 Å². The summed E-state index contributed by atoms with van der Waals surface area (Å²) in [7, 11) is 0. The molecule has 0 aliphatic rings. The molecule has 138 valence electrons. The van der Waals surface area contributed by atoms with E-state index < -0.39 is 0 Å². The van der Waals surface area contributed by atoms with Crippen molar-refractivity contribution in [3.63, 3.8) is 0 Å². The van der Waals surface area contributed by atoms with Gasteiger partial charge in [0.05, 0.1) is 16.3 Å². The maximum atomic E-state index is 12.1. The Bertz CT molecular complexity index is 780. The first-order chi connectivity index (χ1) is 12.5. The molecule has 0 saturated heterocycles. The Morgan fingerprint density at radius 1 is 1.15 bits per heavy atom. The van der Waals surface area contributed by atoms with Crippen LogP contribution < -0.4 is 10.6 Å². The van der Waals surface area contributed by atoms with Gasteiger partial charge in [-0.05, 0) is 37.1 Å². The number of hydrogen-bond donors (Lipinski definition) is 2. The summed E-state index contributed by atoms with van der Waals surface area (Å²) in [5, 5.41) is 5.92. The average Bonchev–Trinajstić information content (AvgIpc) is 2.60. The maximum absolute atomic E-state index is 12.1. The largest absolute Gasteiger partial charge is 0.352 e. The number of aryl methyl sites for hydroxylation is 1. The van der Waals surface area contributed by atoms with Gasteiger partial charge in [-0.1, -0.05) is 48.4 Å². The zero-order chi connectivity index (χ0) is 18.9. The van der Waals surface area contributed by atoms with Gasteiger partial charge in [0.1, 0.15) is 0 Å². The molecule has 0 radical (unpaired) electrons. The molecule has 2 amide bonds. The average molecular weight is 391 g/mol. The second kappa shape index (κ2) is 10.2. The lowest BCUT2D eigenvalue weighted by Gasteiger charge is -2.09. The van der Waals surface area contributed by atoms with Gasteiger partial charge in [-0.3, -0.25) is 9.59 Å². The first-order valence-corrected chi connectivity index (χ1v) is 10.0. The highest BCUT2D eigenvalue weighted by molar-refractivity contribution is 7.99. The van der Waals surface area contributed by atoms with Crippen LogP contribution in [0.1, 0.15) is 34.8 Å². The topological polar surface area (TPSA) is 58.2 Å². The van der Waals surface area contributed by atoms with Crippen molar-refractivity contribution >= 4 is 40.9 Å². The van der Waals surface area contributed by atoms with Crippen molar-refractivity contribution in [2.45, 2.75) is 26.0 Å². The number of rotatable bonds is 8. The molecular weight excluding hydrogens is 368 g/mol. The Morgan fingerprint density at radius 2 is 1.96 bits per heavy atom. The molecule has 26 heavy (non-hydrogen) atoms. The molecule has 0 aromatic heterocycles. The Kier molecular flexibility index (Phi) is 8.01. The summed E-state index contributed by atoms with van der Waals surface area (Å²) in [6.07, 6.45) is 0.859. The molecule has 0 atom stereocenters. The minimum atomic E-state index is -0.205. The number of carbonyl (C=O) groups excluding carboxylic acids is 2. The molecule has 0 heterocycles. The van der Waals surface area contributed by atoms with E-state index in [0.29, 0.717) is 28.6 Å². The summed E-state index contributed by atoms with van der Waals surface area (Å²) in [5.74, 6) is 0.835. The summed E-state index contributed by atoms with van der Waals surface area (Å²) in [4.78, 5) is 24.1. The predicted molar refractivity (Wildman–Crippen MR) is 110 cm³/mol. The minimum absolute atomic E-state index is 0.0955. The maximum Gasteiger partial charge on any atom is 0.252 e. The molecule has 0 bridgehead atoms. The minimum Gasteiger partial charge on any atom is -0.352 e. The monoisotopic (exact) mass is 390 g/mol. The first kappa shape index (κ1) is 20.3. The van der Waals surface area contributed by atoms with Crippen molar-refractivity contribution in [3.8, 4) is 0 Å². The summed E-state index contributed by atoms with van der Waals surface area (Å²) < 4.78 is 0. The van der Waals surface area contributed by atoms with Crippen LogP contribution in [-0.2, 0) is 10.5 Å². The summed E-state index contributed by atoms with van der Waals surface area (Å²) in [6.45, 7) is 4.64. The van der Waals surface area contributed by atoms with Crippen LogP contribution in [0.4, 0.5) is 5.69 Å². The Hall–Kier alpha value is -1.98. The first-order valence-electron chi connectivity index (χ1n) is 8.50. The van der Waals surface area contributed by atoms with E-state index in [4.69, 9.17) is 11.6 Å². The number of benzene rings is 2. The third kappa shape index (κ3) is 6.39. The molecule has 4 nitrogen and oxygen atoms in total. The van der Waals surface area contributed by atoms with Gasteiger partial charge >= 0.3 is 0 Å². The highest BCUT2D eigenvalue weighted by atomic mass is 35.5. The van der Waals surface area contributed by atoms with Crippen LogP contribution >= 0.6 is 23.4 Å². The van der Waals surface area contributed by atoms with E-state index in [2.05, 4.69) is 35.8 Å². The number of thioether (sulfide) groups is 1. The Balaban J connectivity index is 1.84. The zero-order valence-electron chi connectivity index (χ0n) is 15.0. The van der Waals surface area contributed by atoms with Crippen LogP contribution in [0.5, 0.6) is 0 Å². The second-order valence-corrected chi connectivity index (χ2v) is 7.37. The molecule has 0 aliphatic heterocycles. The quantitative estimate of drug-likeness (QED) is 0.689. The van der Waals surface area contributed by atoms with E-state index in [0.717, 1.165) is 12.2 Å². The molecule has 2 rings (SSSR count). The molecule has 0 unspecified atom stereocenters. The van der Waals surface area contributed by atoms with Gasteiger partial charge in [0, 0.05) is 18.0 Å². The lowest BCUT2D eigenvalue weighted by Crippen LogP contribution is -2.24. The molecule has 2 aromatic carbocycles. The smallest absolute Gasteiger partial charge is 0.252 e. The molecule has 2 aromatic rings. The number of carbonyl (C=O) groups is 2. The van der Waals surface area contributed by atoms with Gasteiger partial charge in [0.25, 0.3) is 5.91 Å². The second-order valence-electron chi connectivity index (χ2n) is 5.98.